The van der Waals surface area contributed by atoms with Crippen LogP contribution in [-0.2, 0) is 18.3 Å². The van der Waals surface area contributed by atoms with Crippen LogP contribution >= 0.6 is 8.25 Å². The van der Waals surface area contributed by atoms with Crippen molar-refractivity contribution in [1.82, 2.24) is 19.5 Å². The van der Waals surface area contributed by atoms with Crippen LogP contribution in [0.2, 0.25) is 0 Å². The van der Waals surface area contributed by atoms with Crippen LogP contribution in [0.1, 0.15) is 6.23 Å². The quantitative estimate of drug-likeness (QED) is 0.625. The minimum Gasteiger partial charge on any atom is -0.385 e. The number of hydrogen-bond donors (Lipinski definition) is 2. The van der Waals surface area contributed by atoms with Gasteiger partial charge in [-0.05, 0) is 0 Å². The van der Waals surface area contributed by atoms with E-state index in [0.29, 0.717) is 17.0 Å². The van der Waals surface area contributed by atoms with E-state index in [-0.39, 0.29) is 12.4 Å². The maximum absolute atomic E-state index is 11.6. The third-order valence-corrected chi connectivity index (χ3v) is 5.43. The van der Waals surface area contributed by atoms with Crippen molar-refractivity contribution >= 4 is 25.2 Å². The first-order valence-electron chi connectivity index (χ1n) is 8.28. The standard InChI is InChI=1S/C16H15N5O5P/c17-13-10-15(19-7-18-13)21(14(20-10)8-4-2-1-3-5-8)16-11(22)12-9(25-16)6-24-27(23)26-12/h1-5,7,9,11-12,16,22H,6H2,(H2,17,18,19)/q+1. The van der Waals surface area contributed by atoms with Crippen LogP contribution in [-0.4, -0.2) is 49.5 Å². The Kier molecular flexibility index (Phi) is 3.88. The Hall–Kier alpha value is -2.49. The fourth-order valence-electron chi connectivity index (χ4n) is 3.42. The normalized spacial score (nSPS) is 29.1. The second-order valence-corrected chi connectivity index (χ2v) is 7.16. The molecule has 2 saturated heterocycles. The molecule has 0 aliphatic carbocycles. The molecule has 138 valence electrons. The highest BCUT2D eigenvalue weighted by Crippen LogP contribution is 2.44. The van der Waals surface area contributed by atoms with Crippen molar-refractivity contribution in [3.8, 4) is 11.4 Å². The molecular weight excluding hydrogens is 373 g/mol. The van der Waals surface area contributed by atoms with Crippen LogP contribution in [0.15, 0.2) is 36.7 Å². The lowest BCUT2D eigenvalue weighted by atomic mass is 10.1. The zero-order valence-corrected chi connectivity index (χ0v) is 14.8. The summed E-state index contributed by atoms with van der Waals surface area (Å²) in [5, 5.41) is 10.8. The SMILES string of the molecule is Nc1ncnc2c1nc(-c1ccccc1)n2C1OC2CO[P+](=O)OC2C1O. The van der Waals surface area contributed by atoms with Crippen molar-refractivity contribution in [2.75, 3.05) is 12.3 Å². The van der Waals surface area contributed by atoms with E-state index in [4.69, 9.17) is 19.5 Å². The third-order valence-electron chi connectivity index (χ3n) is 4.65. The largest absolute Gasteiger partial charge is 0.697 e. The molecule has 0 saturated carbocycles. The molecular formula is C16H15N5O5P+. The summed E-state index contributed by atoms with van der Waals surface area (Å²) in [5.74, 6) is 0.745. The van der Waals surface area contributed by atoms with Gasteiger partial charge >= 0.3 is 8.25 Å². The highest BCUT2D eigenvalue weighted by molar-refractivity contribution is 7.33. The van der Waals surface area contributed by atoms with Gasteiger partial charge in [-0.15, -0.1) is 9.05 Å². The van der Waals surface area contributed by atoms with Crippen molar-refractivity contribution in [2.45, 2.75) is 24.5 Å². The number of hydrogen-bond acceptors (Lipinski definition) is 9. The van der Waals surface area contributed by atoms with Crippen LogP contribution in [0, 0.1) is 0 Å². The molecule has 11 heteroatoms. The van der Waals surface area contributed by atoms with E-state index in [1.807, 2.05) is 30.3 Å². The number of nitrogens with zero attached hydrogens (tertiary/aromatic N) is 4. The number of aromatic nitrogens is 4. The summed E-state index contributed by atoms with van der Waals surface area (Å²) in [4.78, 5) is 12.9. The first-order chi connectivity index (χ1) is 13.1. The van der Waals surface area contributed by atoms with E-state index >= 15 is 0 Å². The number of imidazole rings is 1. The predicted molar refractivity (Wildman–Crippen MR) is 93.5 cm³/mol. The number of aliphatic hydroxyl groups is 1. The van der Waals surface area contributed by atoms with Gasteiger partial charge in [-0.25, -0.2) is 15.0 Å². The summed E-state index contributed by atoms with van der Waals surface area (Å²) in [6, 6.07) is 9.41. The van der Waals surface area contributed by atoms with E-state index in [1.165, 1.54) is 6.33 Å². The van der Waals surface area contributed by atoms with Gasteiger partial charge in [0.1, 0.15) is 31.0 Å². The average Bonchev–Trinajstić information content (AvgIpc) is 3.22. The Morgan fingerprint density at radius 2 is 2.07 bits per heavy atom. The first-order valence-corrected chi connectivity index (χ1v) is 9.37. The summed E-state index contributed by atoms with van der Waals surface area (Å²) in [6.45, 7) is 0.0673. The molecule has 1 aromatic carbocycles. The lowest BCUT2D eigenvalue weighted by Crippen LogP contribution is -2.37. The Morgan fingerprint density at radius 1 is 1.26 bits per heavy atom. The minimum atomic E-state index is -2.28. The van der Waals surface area contributed by atoms with Crippen LogP contribution < -0.4 is 5.73 Å². The lowest BCUT2D eigenvalue weighted by Gasteiger charge is -2.19. The third kappa shape index (κ3) is 2.61. The van der Waals surface area contributed by atoms with Gasteiger partial charge in [-0.1, -0.05) is 30.3 Å². The molecule has 0 amide bonds. The zero-order valence-electron chi connectivity index (χ0n) is 13.9. The summed E-state index contributed by atoms with van der Waals surface area (Å²) in [5.41, 5.74) is 7.60. The van der Waals surface area contributed by atoms with Crippen molar-refractivity contribution in [3.05, 3.63) is 36.7 Å². The van der Waals surface area contributed by atoms with E-state index in [0.717, 1.165) is 5.56 Å². The monoisotopic (exact) mass is 388 g/mol. The van der Waals surface area contributed by atoms with E-state index in [9.17, 15) is 9.67 Å². The minimum absolute atomic E-state index is 0.0673. The molecule has 0 bridgehead atoms. The van der Waals surface area contributed by atoms with Crippen molar-refractivity contribution < 1.29 is 23.5 Å². The van der Waals surface area contributed by atoms with Crippen molar-refractivity contribution in [3.63, 3.8) is 0 Å². The number of nitrogens with two attached hydrogens (primary N) is 1. The number of benzene rings is 1. The summed E-state index contributed by atoms with van der Waals surface area (Å²) in [7, 11) is -2.28. The van der Waals surface area contributed by atoms with Crippen LogP contribution in [0.4, 0.5) is 5.82 Å². The van der Waals surface area contributed by atoms with Gasteiger partial charge in [0.25, 0.3) is 0 Å². The van der Waals surface area contributed by atoms with Crippen molar-refractivity contribution in [1.29, 1.82) is 0 Å². The smallest absolute Gasteiger partial charge is 0.385 e. The van der Waals surface area contributed by atoms with Gasteiger partial charge in [0, 0.05) is 10.1 Å². The molecule has 5 rings (SSSR count). The molecule has 4 heterocycles. The molecule has 3 N–H and O–H groups in total. The fourth-order valence-corrected chi connectivity index (χ4v) is 4.21. The van der Waals surface area contributed by atoms with Gasteiger partial charge in [-0.3, -0.25) is 4.57 Å². The van der Waals surface area contributed by atoms with Gasteiger partial charge in [0.15, 0.2) is 29.3 Å². The number of fused-ring (bicyclic) bond motifs is 2. The van der Waals surface area contributed by atoms with Crippen LogP contribution in [0.25, 0.3) is 22.6 Å². The second kappa shape index (κ2) is 6.29. The number of rotatable bonds is 2. The Balaban J connectivity index is 1.68. The van der Waals surface area contributed by atoms with Gasteiger partial charge in [0.05, 0.1) is 0 Å². The molecule has 2 aromatic heterocycles. The van der Waals surface area contributed by atoms with Gasteiger partial charge in [0.2, 0.25) is 0 Å². The molecule has 27 heavy (non-hydrogen) atoms. The molecule has 2 fully saturated rings. The highest BCUT2D eigenvalue weighted by atomic mass is 31.1. The Bertz CT molecular complexity index is 1030. The molecule has 0 radical (unpaired) electrons. The molecule has 3 aromatic rings. The summed E-state index contributed by atoms with van der Waals surface area (Å²) < 4.78 is 29.5. The highest BCUT2D eigenvalue weighted by Gasteiger charge is 2.55. The second-order valence-electron chi connectivity index (χ2n) is 6.25. The molecule has 2 aliphatic heterocycles. The number of aliphatic hydroxyl groups excluding tert-OH is 1. The Labute approximate surface area is 153 Å². The molecule has 5 unspecified atom stereocenters. The predicted octanol–water partition coefficient (Wildman–Crippen LogP) is 1.41. The maximum atomic E-state index is 11.6. The lowest BCUT2D eigenvalue weighted by molar-refractivity contribution is -0.0546. The van der Waals surface area contributed by atoms with Gasteiger partial charge in [-0.2, -0.15) is 0 Å². The first kappa shape index (κ1) is 16.7. The van der Waals surface area contributed by atoms with E-state index in [1.54, 1.807) is 4.57 Å². The fraction of sp³-hybridized carbons (Fsp3) is 0.312. The molecule has 10 nitrogen and oxygen atoms in total. The molecule has 0 spiro atoms. The van der Waals surface area contributed by atoms with Gasteiger partial charge < -0.3 is 15.6 Å². The molecule has 5 atom stereocenters. The van der Waals surface area contributed by atoms with Crippen molar-refractivity contribution in [2.24, 2.45) is 0 Å². The Morgan fingerprint density at radius 3 is 2.89 bits per heavy atom. The maximum Gasteiger partial charge on any atom is 0.697 e. The number of nitrogen functional groups attached to an aromatic ring is 1. The van der Waals surface area contributed by atoms with Crippen LogP contribution in [0.5, 0.6) is 0 Å². The topological polar surface area (TPSA) is 135 Å². The summed E-state index contributed by atoms with van der Waals surface area (Å²) in [6.07, 6.45) is -1.95. The average molecular weight is 388 g/mol. The molecule has 2 aliphatic rings. The summed E-state index contributed by atoms with van der Waals surface area (Å²) >= 11 is 0. The van der Waals surface area contributed by atoms with Crippen LogP contribution in [0.3, 0.4) is 0 Å². The van der Waals surface area contributed by atoms with E-state index in [2.05, 4.69) is 15.0 Å². The zero-order chi connectivity index (χ0) is 18.5. The number of ether oxygens (including phenoxy) is 1. The number of anilines is 1. The van der Waals surface area contributed by atoms with E-state index < -0.39 is 32.8 Å².